The smallest absolute Gasteiger partial charge is 0.264 e. The molecule has 4 rings (SSSR count). The van der Waals surface area contributed by atoms with Gasteiger partial charge in [-0.15, -0.1) is 0 Å². The van der Waals surface area contributed by atoms with E-state index in [4.69, 9.17) is 26.7 Å². The minimum atomic E-state index is -2.95. The molecule has 0 unspecified atom stereocenters. The Kier molecular flexibility index (Phi) is 17.2. The van der Waals surface area contributed by atoms with E-state index in [9.17, 15) is 38.0 Å². The number of nitriles is 1. The Balaban J connectivity index is 1.88. The Bertz CT molecular complexity index is 2110. The number of ether oxygens (including phenoxy) is 2. The van der Waals surface area contributed by atoms with Gasteiger partial charge in [0, 0.05) is 79.9 Å². The van der Waals surface area contributed by atoms with E-state index in [1.165, 1.54) is 31.0 Å². The monoisotopic (exact) mass is 844 g/mol. The summed E-state index contributed by atoms with van der Waals surface area (Å²) < 4.78 is 41.0. The fourth-order valence-electron chi connectivity index (χ4n) is 7.44. The fraction of sp³-hybridized carbons (Fsp3) is 0.478. The van der Waals surface area contributed by atoms with E-state index in [2.05, 4.69) is 5.32 Å². The summed E-state index contributed by atoms with van der Waals surface area (Å²) in [5.41, 5.74) is 19.1. The van der Waals surface area contributed by atoms with Crippen LogP contribution in [0.15, 0.2) is 54.6 Å². The Labute approximate surface area is 356 Å². The van der Waals surface area contributed by atoms with Gasteiger partial charge in [0.2, 0.25) is 11.8 Å². The second kappa shape index (κ2) is 21.8. The zero-order valence-corrected chi connectivity index (χ0v) is 35.6. The molecule has 0 fully saturated rings. The van der Waals surface area contributed by atoms with Gasteiger partial charge in [-0.2, -0.15) is 5.26 Å². The second-order valence-corrected chi connectivity index (χ2v) is 16.4. The first-order valence-electron chi connectivity index (χ1n) is 20.5. The summed E-state index contributed by atoms with van der Waals surface area (Å²) in [6, 6.07) is 14.1. The topological polar surface area (TPSA) is 221 Å². The number of nitrogens with one attached hydrogen (secondary N) is 1. The zero-order valence-electron chi connectivity index (χ0n) is 35.6. The van der Waals surface area contributed by atoms with Crippen LogP contribution in [0.4, 0.5) is 8.78 Å². The quantitative estimate of drug-likeness (QED) is 0.124. The number of fused-ring (bicyclic) bond motifs is 5. The number of hydrogen-bond donors (Lipinski definition) is 4. The van der Waals surface area contributed by atoms with Gasteiger partial charge in [0.15, 0.2) is 17.3 Å². The third kappa shape index (κ3) is 12.3. The van der Waals surface area contributed by atoms with Crippen LogP contribution in [0.1, 0.15) is 105 Å². The number of rotatable bonds is 17. The van der Waals surface area contributed by atoms with Gasteiger partial charge >= 0.3 is 0 Å². The molecule has 0 spiro atoms. The number of ketones is 3. The summed E-state index contributed by atoms with van der Waals surface area (Å²) in [4.78, 5) is 71.4. The number of halogens is 2. The van der Waals surface area contributed by atoms with E-state index in [1.54, 1.807) is 42.5 Å². The molecule has 0 aromatic heterocycles. The number of nitrogens with zero attached hydrogens (tertiary/aromatic N) is 2. The zero-order chi connectivity index (χ0) is 45.0. The molecular weight excluding hydrogens is 787 g/mol. The van der Waals surface area contributed by atoms with Gasteiger partial charge in [-0.3, -0.25) is 24.0 Å². The maximum atomic E-state index is 14.6. The summed E-state index contributed by atoms with van der Waals surface area (Å²) in [5, 5.41) is 12.0. The Morgan fingerprint density at radius 2 is 1.56 bits per heavy atom. The number of carbonyl (C=O) groups excluding carboxylic acids is 5. The molecular formula is C46H58F2N6O7. The molecule has 61 heavy (non-hydrogen) atoms. The maximum Gasteiger partial charge on any atom is 0.264 e. The molecule has 328 valence electrons. The molecule has 3 aromatic rings. The molecule has 4 bridgehead atoms. The van der Waals surface area contributed by atoms with Crippen LogP contribution in [-0.2, 0) is 31.0 Å². The van der Waals surface area contributed by atoms with Gasteiger partial charge in [-0.25, -0.2) is 8.78 Å². The van der Waals surface area contributed by atoms with Crippen molar-refractivity contribution in [2.75, 3.05) is 39.9 Å². The highest BCUT2D eigenvalue weighted by atomic mass is 19.3. The van der Waals surface area contributed by atoms with Crippen LogP contribution in [0.5, 0.6) is 11.5 Å². The summed E-state index contributed by atoms with van der Waals surface area (Å²) in [6.07, 6.45) is -3.85. The molecule has 1 aliphatic heterocycles. The van der Waals surface area contributed by atoms with Gasteiger partial charge in [0.05, 0.1) is 12.1 Å². The Hall–Kier alpha value is -5.56. The minimum absolute atomic E-state index is 0.00564. The van der Waals surface area contributed by atoms with Crippen molar-refractivity contribution in [3.8, 4) is 28.7 Å². The molecule has 1 heterocycles. The van der Waals surface area contributed by atoms with E-state index in [0.717, 1.165) is 0 Å². The summed E-state index contributed by atoms with van der Waals surface area (Å²) in [6.45, 7) is 7.78. The second-order valence-electron chi connectivity index (χ2n) is 16.4. The molecule has 0 aliphatic carbocycles. The first kappa shape index (κ1) is 48.1. The van der Waals surface area contributed by atoms with E-state index in [-0.39, 0.29) is 76.3 Å². The van der Waals surface area contributed by atoms with E-state index in [1.807, 2.05) is 26.8 Å². The predicted molar refractivity (Wildman–Crippen MR) is 227 cm³/mol. The maximum absolute atomic E-state index is 14.6. The molecule has 0 saturated carbocycles. The number of carbonyl (C=O) groups is 5. The fourth-order valence-corrected chi connectivity index (χ4v) is 7.44. The van der Waals surface area contributed by atoms with Gasteiger partial charge in [-0.1, -0.05) is 52.0 Å². The van der Waals surface area contributed by atoms with Crippen LogP contribution in [0.25, 0.3) is 11.1 Å². The Morgan fingerprint density at radius 3 is 2.15 bits per heavy atom. The average molecular weight is 845 g/mol. The average Bonchev–Trinajstić information content (AvgIpc) is 3.22. The van der Waals surface area contributed by atoms with Crippen molar-refractivity contribution < 1.29 is 42.2 Å². The van der Waals surface area contributed by atoms with Crippen LogP contribution >= 0.6 is 0 Å². The van der Waals surface area contributed by atoms with Crippen molar-refractivity contribution in [1.29, 1.82) is 5.26 Å². The lowest BCUT2D eigenvalue weighted by atomic mass is 9.83. The predicted octanol–water partition coefficient (Wildman–Crippen LogP) is 5.51. The number of amides is 2. The standard InChI is InChI=1S/C46H58F2N6O7/c1-27-21-39(57)42(54(5)45(59)30(14-16-50)25-38(56)32-11-10-31(46(2,3)4)26-35(32)43(47)48)29-9-13-41(61-20-18-52)34(24-29)33-22-28(8-12-40(33)60-19-17-51)23-36(53-44(27)58)37(55)7-6-15-49/h8-13,22,24,26-27,30,36,42-43H,6-7,14,16-21,23,25,50-52H2,1-5H3,(H,53,58)/t27-,30-,36+,42+/m1/s1. The van der Waals surface area contributed by atoms with Crippen molar-refractivity contribution in [1.82, 2.24) is 10.2 Å². The molecule has 0 saturated heterocycles. The van der Waals surface area contributed by atoms with Crippen LogP contribution in [0.2, 0.25) is 0 Å². The number of Topliss-reactive ketones (excluding diaryl/α,β-unsaturated/α-hetero) is 3. The van der Waals surface area contributed by atoms with Crippen LogP contribution < -0.4 is 32.0 Å². The van der Waals surface area contributed by atoms with Crippen LogP contribution in [-0.4, -0.2) is 80.0 Å². The number of nitrogens with two attached hydrogens (primary N) is 3. The molecule has 13 nitrogen and oxygen atoms in total. The molecule has 7 N–H and O–H groups in total. The molecule has 15 heteroatoms. The van der Waals surface area contributed by atoms with E-state index < -0.39 is 71.1 Å². The molecule has 4 atom stereocenters. The third-order valence-electron chi connectivity index (χ3n) is 10.8. The van der Waals surface area contributed by atoms with Crippen molar-refractivity contribution in [2.45, 2.75) is 90.1 Å². The lowest BCUT2D eigenvalue weighted by Gasteiger charge is -2.32. The molecule has 3 aromatic carbocycles. The third-order valence-corrected chi connectivity index (χ3v) is 10.8. The summed E-state index contributed by atoms with van der Waals surface area (Å²) in [5.74, 6) is -4.09. The Morgan fingerprint density at radius 1 is 0.918 bits per heavy atom. The molecule has 0 radical (unpaired) electrons. The first-order chi connectivity index (χ1) is 28.9. The number of likely N-dealkylation sites (N-methyl/N-ethyl adjacent to an activating group) is 1. The van der Waals surface area contributed by atoms with E-state index in [0.29, 0.717) is 39.3 Å². The van der Waals surface area contributed by atoms with Crippen LogP contribution in [0, 0.1) is 23.2 Å². The van der Waals surface area contributed by atoms with Crippen molar-refractivity contribution >= 4 is 29.2 Å². The molecule has 1 aliphatic rings. The highest BCUT2D eigenvalue weighted by Gasteiger charge is 2.37. The van der Waals surface area contributed by atoms with Gasteiger partial charge < -0.3 is 36.9 Å². The minimum Gasteiger partial charge on any atom is -0.492 e. The summed E-state index contributed by atoms with van der Waals surface area (Å²) >= 11 is 0. The van der Waals surface area contributed by atoms with Crippen LogP contribution in [0.3, 0.4) is 0 Å². The van der Waals surface area contributed by atoms with Crippen molar-refractivity contribution in [3.63, 3.8) is 0 Å². The largest absolute Gasteiger partial charge is 0.492 e. The van der Waals surface area contributed by atoms with Gasteiger partial charge in [-0.05, 0) is 71.8 Å². The highest BCUT2D eigenvalue weighted by Crippen LogP contribution is 2.41. The van der Waals surface area contributed by atoms with Gasteiger partial charge in [0.25, 0.3) is 6.43 Å². The van der Waals surface area contributed by atoms with Crippen molar-refractivity contribution in [3.05, 3.63) is 82.4 Å². The van der Waals surface area contributed by atoms with Gasteiger partial charge in [0.1, 0.15) is 30.8 Å². The number of benzene rings is 3. The lowest BCUT2D eigenvalue weighted by molar-refractivity contribution is -0.142. The van der Waals surface area contributed by atoms with Crippen molar-refractivity contribution in [2.24, 2.45) is 29.0 Å². The lowest BCUT2D eigenvalue weighted by Crippen LogP contribution is -2.46. The normalized spacial score (nSPS) is 17.4. The number of hydrogen-bond acceptors (Lipinski definition) is 11. The first-order valence-corrected chi connectivity index (χ1v) is 20.5. The molecule has 2 amide bonds. The SMILES string of the molecule is C[C@@H]1CC(=O)[C@@H](N(C)C(=O)[C@H](CCN)CC(=O)c2ccc(C(C)(C)C)cc2C(F)F)c2ccc(OCCN)c(c2)-c2cc(ccc2OCCN)C[C@@H](C(=O)CCC#N)NC1=O. The number of alkyl halides is 2. The highest BCUT2D eigenvalue weighted by molar-refractivity contribution is 6.01. The summed E-state index contributed by atoms with van der Waals surface area (Å²) in [7, 11) is 1.41. The van der Waals surface area contributed by atoms with E-state index >= 15 is 0 Å².